The van der Waals surface area contributed by atoms with Crippen LogP contribution in [0.5, 0.6) is 0 Å². The first-order chi connectivity index (χ1) is 10.7. The van der Waals surface area contributed by atoms with Gasteiger partial charge in [0, 0.05) is 11.4 Å². The first-order valence-electron chi connectivity index (χ1n) is 6.84. The second-order valence-electron chi connectivity index (χ2n) is 4.66. The molecule has 1 aromatic carbocycles. The van der Waals surface area contributed by atoms with Gasteiger partial charge in [-0.3, -0.25) is 4.99 Å². The van der Waals surface area contributed by atoms with Gasteiger partial charge in [-0.25, -0.2) is 0 Å². The molecule has 22 heavy (non-hydrogen) atoms. The molecule has 1 aliphatic heterocycles. The second kappa shape index (κ2) is 6.97. The van der Waals surface area contributed by atoms with Crippen molar-refractivity contribution >= 4 is 45.5 Å². The molecule has 8 heteroatoms. The molecule has 3 N–H and O–H groups in total. The number of hydrogen-bond acceptors (Lipinski definition) is 8. The van der Waals surface area contributed by atoms with Crippen molar-refractivity contribution in [2.75, 3.05) is 23.3 Å². The van der Waals surface area contributed by atoms with Crippen LogP contribution in [0.15, 0.2) is 29.3 Å². The van der Waals surface area contributed by atoms with Crippen LogP contribution in [-0.2, 0) is 5.75 Å². The number of aryl methyl sites for hydroxylation is 1. The summed E-state index contributed by atoms with van der Waals surface area (Å²) in [6, 6.07) is 7.96. The minimum atomic E-state index is 0.225. The molecule has 6 nitrogen and oxygen atoms in total. The van der Waals surface area contributed by atoms with Crippen LogP contribution in [-0.4, -0.2) is 31.6 Å². The van der Waals surface area contributed by atoms with E-state index in [1.165, 1.54) is 0 Å². The summed E-state index contributed by atoms with van der Waals surface area (Å²) in [6.45, 7) is 2.92. The lowest BCUT2D eigenvalue weighted by molar-refractivity contribution is 0.983. The highest BCUT2D eigenvalue weighted by molar-refractivity contribution is 8.38. The zero-order valence-electron chi connectivity index (χ0n) is 12.1. The zero-order chi connectivity index (χ0) is 15.4. The number of nitrogen functional groups attached to an aromatic ring is 1. The first-order valence-corrected chi connectivity index (χ1v) is 8.81. The lowest BCUT2D eigenvalue weighted by atomic mass is 10.2. The number of hydrogen-bond donors (Lipinski definition) is 2. The van der Waals surface area contributed by atoms with Gasteiger partial charge in [-0.15, -0.1) is 0 Å². The van der Waals surface area contributed by atoms with E-state index in [2.05, 4.69) is 25.3 Å². The van der Waals surface area contributed by atoms with Crippen LogP contribution in [0.3, 0.4) is 0 Å². The zero-order valence-corrected chi connectivity index (χ0v) is 13.7. The molecule has 0 fully saturated rings. The van der Waals surface area contributed by atoms with Crippen LogP contribution in [0.2, 0.25) is 0 Å². The molecule has 114 valence electrons. The van der Waals surface area contributed by atoms with Gasteiger partial charge in [0.1, 0.15) is 10.2 Å². The summed E-state index contributed by atoms with van der Waals surface area (Å²) in [5, 5.41) is 3.19. The van der Waals surface area contributed by atoms with E-state index in [-0.39, 0.29) is 5.95 Å². The normalized spacial score (nSPS) is 14.0. The highest BCUT2D eigenvalue weighted by atomic mass is 32.2. The molecule has 0 unspecified atom stereocenters. The Labute approximate surface area is 137 Å². The molecule has 0 saturated carbocycles. The van der Waals surface area contributed by atoms with Gasteiger partial charge in [-0.1, -0.05) is 41.7 Å². The van der Waals surface area contributed by atoms with Crippen molar-refractivity contribution in [3.05, 3.63) is 35.7 Å². The SMILES string of the molecule is Cc1ccccc1Nc1nc(N)nc(CSC2=NCCS2)n1. The van der Waals surface area contributed by atoms with E-state index in [9.17, 15) is 0 Å². The minimum Gasteiger partial charge on any atom is -0.368 e. The Morgan fingerprint density at radius 3 is 2.91 bits per heavy atom. The van der Waals surface area contributed by atoms with E-state index < -0.39 is 0 Å². The predicted molar refractivity (Wildman–Crippen MR) is 94.8 cm³/mol. The van der Waals surface area contributed by atoms with E-state index >= 15 is 0 Å². The summed E-state index contributed by atoms with van der Waals surface area (Å²) in [5.41, 5.74) is 7.87. The van der Waals surface area contributed by atoms with Gasteiger partial charge in [0.15, 0.2) is 0 Å². The van der Waals surface area contributed by atoms with E-state index in [0.29, 0.717) is 17.5 Å². The number of rotatable bonds is 4. The third kappa shape index (κ3) is 3.89. The third-order valence-electron chi connectivity index (χ3n) is 2.97. The molecule has 2 heterocycles. The monoisotopic (exact) mass is 332 g/mol. The molecule has 3 rings (SSSR count). The van der Waals surface area contributed by atoms with Gasteiger partial charge >= 0.3 is 0 Å². The molecule has 0 amide bonds. The first kappa shape index (κ1) is 15.1. The Morgan fingerprint density at radius 2 is 2.14 bits per heavy atom. The smallest absolute Gasteiger partial charge is 0.232 e. The fourth-order valence-corrected chi connectivity index (χ4v) is 3.79. The number of benzene rings is 1. The van der Waals surface area contributed by atoms with Crippen molar-refractivity contribution < 1.29 is 0 Å². The number of nitrogens with two attached hydrogens (primary N) is 1. The summed E-state index contributed by atoms with van der Waals surface area (Å²) in [4.78, 5) is 17.2. The van der Waals surface area contributed by atoms with Crippen molar-refractivity contribution in [3.63, 3.8) is 0 Å². The Kier molecular flexibility index (Phi) is 4.79. The van der Waals surface area contributed by atoms with Crippen LogP contribution in [0, 0.1) is 6.92 Å². The van der Waals surface area contributed by atoms with Crippen LogP contribution in [0.1, 0.15) is 11.4 Å². The molecule has 1 aromatic heterocycles. The van der Waals surface area contributed by atoms with Crippen LogP contribution in [0.25, 0.3) is 0 Å². The standard InChI is InChI=1S/C14H16N6S2/c1-9-4-2-3-5-10(9)17-13-19-11(18-12(15)20-13)8-22-14-16-6-7-21-14/h2-5H,6-8H2,1H3,(H3,15,17,18,19,20). The molecule has 0 radical (unpaired) electrons. The van der Waals surface area contributed by atoms with Gasteiger partial charge in [0.2, 0.25) is 11.9 Å². The molecule has 1 aliphatic rings. The maximum Gasteiger partial charge on any atom is 0.232 e. The summed E-state index contributed by atoms with van der Waals surface area (Å²) >= 11 is 3.41. The number of nitrogens with zero attached hydrogens (tertiary/aromatic N) is 4. The highest BCUT2D eigenvalue weighted by Gasteiger charge is 2.11. The number of thioether (sulfide) groups is 2. The highest BCUT2D eigenvalue weighted by Crippen LogP contribution is 2.25. The quantitative estimate of drug-likeness (QED) is 0.890. The minimum absolute atomic E-state index is 0.225. The van der Waals surface area contributed by atoms with Crippen LogP contribution >= 0.6 is 23.5 Å². The van der Waals surface area contributed by atoms with Gasteiger partial charge < -0.3 is 11.1 Å². The van der Waals surface area contributed by atoms with Crippen molar-refractivity contribution in [1.29, 1.82) is 0 Å². The fraction of sp³-hybridized carbons (Fsp3) is 0.286. The average molecular weight is 332 g/mol. The Hall–Kier alpha value is -1.80. The van der Waals surface area contributed by atoms with Gasteiger partial charge in [-0.05, 0) is 18.6 Å². The summed E-state index contributed by atoms with van der Waals surface area (Å²) < 4.78 is 1.09. The number of aromatic nitrogens is 3. The topological polar surface area (TPSA) is 89.1 Å². The van der Waals surface area contributed by atoms with Crippen LogP contribution < -0.4 is 11.1 Å². The van der Waals surface area contributed by atoms with Gasteiger partial charge in [0.05, 0.1) is 12.3 Å². The van der Waals surface area contributed by atoms with Crippen molar-refractivity contribution in [2.24, 2.45) is 4.99 Å². The molecule has 0 bridgehead atoms. The lowest BCUT2D eigenvalue weighted by Gasteiger charge is -2.09. The predicted octanol–water partition coefficient (Wildman–Crippen LogP) is 2.84. The van der Waals surface area contributed by atoms with Crippen molar-refractivity contribution in [3.8, 4) is 0 Å². The van der Waals surface area contributed by atoms with E-state index in [1.807, 2.05) is 31.2 Å². The Bertz CT molecular complexity index is 703. The average Bonchev–Trinajstić information content (AvgIpc) is 3.00. The Morgan fingerprint density at radius 1 is 1.27 bits per heavy atom. The van der Waals surface area contributed by atoms with E-state index in [1.54, 1.807) is 23.5 Å². The van der Waals surface area contributed by atoms with Crippen molar-refractivity contribution in [1.82, 2.24) is 15.0 Å². The Balaban J connectivity index is 1.73. The maximum atomic E-state index is 5.79. The summed E-state index contributed by atoms with van der Waals surface area (Å²) in [7, 11) is 0. The fourth-order valence-electron chi connectivity index (χ4n) is 1.92. The molecular formula is C14H16N6S2. The third-order valence-corrected chi connectivity index (χ3v) is 5.22. The van der Waals surface area contributed by atoms with E-state index in [0.717, 1.165) is 27.9 Å². The summed E-state index contributed by atoms with van der Waals surface area (Å²) in [6.07, 6.45) is 0. The van der Waals surface area contributed by atoms with Gasteiger partial charge in [0.25, 0.3) is 0 Å². The molecule has 2 aromatic rings. The van der Waals surface area contributed by atoms with Crippen molar-refractivity contribution in [2.45, 2.75) is 12.7 Å². The van der Waals surface area contributed by atoms with E-state index in [4.69, 9.17) is 5.73 Å². The number of para-hydroxylation sites is 1. The molecule has 0 spiro atoms. The number of anilines is 3. The molecule has 0 aliphatic carbocycles. The molecule has 0 atom stereocenters. The van der Waals surface area contributed by atoms with Gasteiger partial charge in [-0.2, -0.15) is 15.0 Å². The summed E-state index contributed by atoms with van der Waals surface area (Å²) in [5.74, 6) is 3.05. The number of nitrogens with one attached hydrogen (secondary N) is 1. The van der Waals surface area contributed by atoms with Crippen LogP contribution in [0.4, 0.5) is 17.6 Å². The lowest BCUT2D eigenvalue weighted by Crippen LogP contribution is -2.07. The largest absolute Gasteiger partial charge is 0.368 e. The number of aliphatic imine (C=N–C) groups is 1. The second-order valence-corrected chi connectivity index (χ2v) is 6.96. The maximum absolute atomic E-state index is 5.79. The molecule has 0 saturated heterocycles. The molecular weight excluding hydrogens is 316 g/mol.